The van der Waals surface area contributed by atoms with E-state index >= 15 is 0 Å². The molecule has 0 bridgehead atoms. The summed E-state index contributed by atoms with van der Waals surface area (Å²) in [6.07, 6.45) is 0. The molecule has 0 amide bonds. The van der Waals surface area contributed by atoms with Gasteiger partial charge in [0.15, 0.2) is 0 Å². The van der Waals surface area contributed by atoms with Crippen molar-refractivity contribution in [1.29, 1.82) is 5.26 Å². The van der Waals surface area contributed by atoms with Gasteiger partial charge in [0.1, 0.15) is 5.75 Å². The van der Waals surface area contributed by atoms with Gasteiger partial charge in [-0.25, -0.2) is 0 Å². The molecule has 0 aliphatic carbocycles. The quantitative estimate of drug-likeness (QED) is 0.822. The highest BCUT2D eigenvalue weighted by atomic mass is 32.2. The van der Waals surface area contributed by atoms with Crippen LogP contribution in [0, 0.1) is 17.2 Å². The zero-order valence-electron chi connectivity index (χ0n) is 11.3. The summed E-state index contributed by atoms with van der Waals surface area (Å²) in [5.74, 6) is 1.49. The first kappa shape index (κ1) is 14.7. The third-order valence-corrected chi connectivity index (χ3v) is 5.03. The van der Waals surface area contributed by atoms with Crippen molar-refractivity contribution in [2.45, 2.75) is 31.8 Å². The van der Waals surface area contributed by atoms with E-state index in [1.54, 1.807) is 25.3 Å². The topological polar surface area (TPSA) is 50.1 Å². The molecule has 3 nitrogen and oxygen atoms in total. The fourth-order valence-electron chi connectivity index (χ4n) is 1.55. The number of methoxy groups -OCH3 is 1. The largest absolute Gasteiger partial charge is 0.496 e. The maximum Gasteiger partial charge on any atom is 0.123 e. The molecule has 0 saturated carbocycles. The van der Waals surface area contributed by atoms with Gasteiger partial charge < -0.3 is 4.74 Å². The third-order valence-electron chi connectivity index (χ3n) is 3.06. The van der Waals surface area contributed by atoms with Crippen LogP contribution in [0.1, 0.15) is 31.9 Å². The molecule has 1 rings (SSSR count). The van der Waals surface area contributed by atoms with Gasteiger partial charge in [-0.2, -0.15) is 5.26 Å². The summed E-state index contributed by atoms with van der Waals surface area (Å²) in [7, 11) is 0.626. The van der Waals surface area contributed by atoms with Crippen LogP contribution in [0.15, 0.2) is 18.2 Å². The van der Waals surface area contributed by atoms with Crippen molar-refractivity contribution < 1.29 is 8.95 Å². The number of hydrogen-bond acceptors (Lipinski definition) is 3. The van der Waals surface area contributed by atoms with Crippen molar-refractivity contribution in [3.05, 3.63) is 29.3 Å². The van der Waals surface area contributed by atoms with Crippen LogP contribution in [0.5, 0.6) is 5.75 Å². The fourth-order valence-corrected chi connectivity index (χ4v) is 2.95. The van der Waals surface area contributed by atoms with Gasteiger partial charge >= 0.3 is 0 Å². The van der Waals surface area contributed by atoms with Crippen LogP contribution >= 0.6 is 0 Å². The van der Waals surface area contributed by atoms with Gasteiger partial charge in [-0.3, -0.25) is 4.21 Å². The Morgan fingerprint density at radius 2 is 2.06 bits per heavy atom. The lowest BCUT2D eigenvalue weighted by atomic mass is 10.1. The summed E-state index contributed by atoms with van der Waals surface area (Å²) in [4.78, 5) is 0. The van der Waals surface area contributed by atoms with E-state index in [1.165, 1.54) is 0 Å². The number of ether oxygens (including phenoxy) is 1. The molecule has 1 aromatic rings. The van der Waals surface area contributed by atoms with Gasteiger partial charge in [0.05, 0.1) is 24.5 Å². The zero-order valence-corrected chi connectivity index (χ0v) is 12.1. The molecule has 1 aromatic carbocycles. The number of hydrogen-bond donors (Lipinski definition) is 0. The molecule has 0 radical (unpaired) electrons. The van der Waals surface area contributed by atoms with Gasteiger partial charge in [0.2, 0.25) is 0 Å². The van der Waals surface area contributed by atoms with Crippen molar-refractivity contribution in [3.63, 3.8) is 0 Å². The Balaban J connectivity index is 2.96. The van der Waals surface area contributed by atoms with Gasteiger partial charge in [0.25, 0.3) is 0 Å². The molecule has 0 aliphatic rings. The van der Waals surface area contributed by atoms with Crippen molar-refractivity contribution in [1.82, 2.24) is 0 Å². The average molecular weight is 265 g/mol. The average Bonchev–Trinajstić information content (AvgIpc) is 2.37. The first-order valence-electron chi connectivity index (χ1n) is 5.93. The lowest BCUT2D eigenvalue weighted by Crippen LogP contribution is -2.19. The summed E-state index contributed by atoms with van der Waals surface area (Å²) < 4.78 is 17.4. The predicted octanol–water partition coefficient (Wildman–Crippen LogP) is 2.86. The van der Waals surface area contributed by atoms with E-state index in [0.29, 0.717) is 23.0 Å². The number of nitrogens with zero attached hydrogens (tertiary/aromatic N) is 1. The summed E-state index contributed by atoms with van der Waals surface area (Å²) in [5, 5.41) is 9.02. The molecular formula is C14H19NO2S. The lowest BCUT2D eigenvalue weighted by Gasteiger charge is -2.16. The summed E-state index contributed by atoms with van der Waals surface area (Å²) in [6, 6.07) is 7.30. The minimum absolute atomic E-state index is 0.125. The second kappa shape index (κ2) is 6.55. The predicted molar refractivity (Wildman–Crippen MR) is 73.9 cm³/mol. The number of rotatable bonds is 5. The van der Waals surface area contributed by atoms with E-state index in [-0.39, 0.29) is 5.25 Å². The third kappa shape index (κ3) is 3.58. The first-order valence-corrected chi connectivity index (χ1v) is 7.32. The van der Waals surface area contributed by atoms with Gasteiger partial charge in [-0.05, 0) is 24.1 Å². The Kier molecular flexibility index (Phi) is 5.36. The van der Waals surface area contributed by atoms with Crippen molar-refractivity contribution in [2.75, 3.05) is 7.11 Å². The standard InChI is InChI=1S/C14H19NO2S/c1-10(2)11(3)18(16)9-13-7-12(8-15)5-6-14(13)17-4/h5-7,10-11H,9H2,1-4H3. The number of benzene rings is 1. The molecule has 2 atom stereocenters. The van der Waals surface area contributed by atoms with E-state index in [0.717, 1.165) is 5.56 Å². The molecule has 0 N–H and O–H groups in total. The summed E-state index contributed by atoms with van der Waals surface area (Å²) in [5.41, 5.74) is 1.40. The normalized spacial score (nSPS) is 14.0. The van der Waals surface area contributed by atoms with Crippen LogP contribution in [-0.4, -0.2) is 16.6 Å². The van der Waals surface area contributed by atoms with Crippen LogP contribution in [0.25, 0.3) is 0 Å². The maximum atomic E-state index is 12.2. The lowest BCUT2D eigenvalue weighted by molar-refractivity contribution is 0.411. The molecule has 0 saturated heterocycles. The second-order valence-corrected chi connectivity index (χ2v) is 6.41. The molecule has 2 unspecified atom stereocenters. The fraction of sp³-hybridized carbons (Fsp3) is 0.500. The molecule has 0 aromatic heterocycles. The molecule has 98 valence electrons. The zero-order chi connectivity index (χ0) is 13.7. The molecule has 0 heterocycles. The highest BCUT2D eigenvalue weighted by Gasteiger charge is 2.17. The SMILES string of the molecule is COc1ccc(C#N)cc1CS(=O)C(C)C(C)C. The van der Waals surface area contributed by atoms with E-state index < -0.39 is 10.8 Å². The van der Waals surface area contributed by atoms with Crippen LogP contribution in [0.2, 0.25) is 0 Å². The number of nitriles is 1. The molecule has 4 heteroatoms. The summed E-state index contributed by atoms with van der Waals surface area (Å²) in [6.45, 7) is 6.11. The summed E-state index contributed by atoms with van der Waals surface area (Å²) >= 11 is 0. The molecular weight excluding hydrogens is 246 g/mol. The van der Waals surface area contributed by atoms with Crippen molar-refractivity contribution in [3.8, 4) is 11.8 Å². The van der Waals surface area contributed by atoms with E-state index in [1.807, 2.05) is 6.92 Å². The Morgan fingerprint density at radius 3 is 2.56 bits per heavy atom. The molecule has 18 heavy (non-hydrogen) atoms. The Labute approximate surface area is 111 Å². The highest BCUT2D eigenvalue weighted by Crippen LogP contribution is 2.23. The Bertz CT molecular complexity index is 477. The highest BCUT2D eigenvalue weighted by molar-refractivity contribution is 7.84. The monoisotopic (exact) mass is 265 g/mol. The van der Waals surface area contributed by atoms with Crippen molar-refractivity contribution >= 4 is 10.8 Å². The van der Waals surface area contributed by atoms with E-state index in [2.05, 4.69) is 19.9 Å². The van der Waals surface area contributed by atoms with Crippen molar-refractivity contribution in [2.24, 2.45) is 5.92 Å². The Morgan fingerprint density at radius 1 is 1.39 bits per heavy atom. The van der Waals surface area contributed by atoms with Crippen LogP contribution in [0.4, 0.5) is 0 Å². The van der Waals surface area contributed by atoms with Crippen LogP contribution < -0.4 is 4.74 Å². The van der Waals surface area contributed by atoms with Crippen LogP contribution in [-0.2, 0) is 16.6 Å². The second-order valence-electron chi connectivity index (χ2n) is 4.61. The Hall–Kier alpha value is -1.34. The molecule has 0 fully saturated rings. The van der Waals surface area contributed by atoms with Gasteiger partial charge in [-0.1, -0.05) is 20.8 Å². The van der Waals surface area contributed by atoms with E-state index in [9.17, 15) is 4.21 Å². The van der Waals surface area contributed by atoms with Gasteiger partial charge in [-0.15, -0.1) is 0 Å². The molecule has 0 spiro atoms. The first-order chi connectivity index (χ1) is 8.49. The van der Waals surface area contributed by atoms with E-state index in [4.69, 9.17) is 10.00 Å². The van der Waals surface area contributed by atoms with Gasteiger partial charge in [0, 0.05) is 21.6 Å². The molecule has 0 aliphatic heterocycles. The minimum atomic E-state index is -0.957. The van der Waals surface area contributed by atoms with Crippen LogP contribution in [0.3, 0.4) is 0 Å². The smallest absolute Gasteiger partial charge is 0.123 e. The maximum absolute atomic E-state index is 12.2. The minimum Gasteiger partial charge on any atom is -0.496 e.